The highest BCUT2D eigenvalue weighted by Crippen LogP contribution is 2.38. The molecular formula is C22H32ClN3O3. The smallest absolute Gasteiger partial charge is 0.255 e. The van der Waals surface area contributed by atoms with Gasteiger partial charge in [0.05, 0.1) is 29.0 Å². The van der Waals surface area contributed by atoms with Gasteiger partial charge < -0.3 is 25.4 Å². The molecule has 0 radical (unpaired) electrons. The van der Waals surface area contributed by atoms with Gasteiger partial charge in [-0.2, -0.15) is 0 Å². The number of ether oxygens (including phenoxy) is 2. The van der Waals surface area contributed by atoms with Gasteiger partial charge in [0.25, 0.3) is 5.91 Å². The fraction of sp³-hybridized carbons (Fsp3) is 0.682. The summed E-state index contributed by atoms with van der Waals surface area (Å²) in [5.74, 6) is 0.484. The van der Waals surface area contributed by atoms with E-state index in [1.165, 1.54) is 25.7 Å². The van der Waals surface area contributed by atoms with Crippen molar-refractivity contribution in [2.75, 3.05) is 38.6 Å². The zero-order valence-corrected chi connectivity index (χ0v) is 17.8. The molecule has 1 aliphatic carbocycles. The highest BCUT2D eigenvalue weighted by molar-refractivity contribution is 6.33. The van der Waals surface area contributed by atoms with E-state index in [0.717, 1.165) is 51.1 Å². The lowest BCUT2D eigenvalue weighted by Gasteiger charge is -2.32. The first kappa shape index (κ1) is 20.8. The van der Waals surface area contributed by atoms with Gasteiger partial charge in [-0.1, -0.05) is 24.4 Å². The van der Waals surface area contributed by atoms with E-state index in [1.807, 2.05) is 0 Å². The molecule has 1 saturated carbocycles. The number of hydrogen-bond donors (Lipinski definition) is 2. The molecule has 4 rings (SSSR count). The maximum atomic E-state index is 12.8. The molecule has 1 aromatic carbocycles. The van der Waals surface area contributed by atoms with E-state index in [1.54, 1.807) is 6.07 Å². The number of likely N-dealkylation sites (tertiary alicyclic amines) is 1. The van der Waals surface area contributed by atoms with Crippen molar-refractivity contribution >= 4 is 23.2 Å². The van der Waals surface area contributed by atoms with E-state index in [0.29, 0.717) is 41.2 Å². The number of anilines is 1. The molecule has 7 heteroatoms. The maximum Gasteiger partial charge on any atom is 0.255 e. The molecule has 0 aromatic heterocycles. The van der Waals surface area contributed by atoms with Crippen molar-refractivity contribution < 1.29 is 14.3 Å². The molecule has 2 fully saturated rings. The fourth-order valence-electron chi connectivity index (χ4n) is 4.69. The van der Waals surface area contributed by atoms with E-state index in [9.17, 15) is 4.79 Å². The number of carbonyl (C=O) groups is 1. The van der Waals surface area contributed by atoms with Crippen LogP contribution in [0.4, 0.5) is 5.69 Å². The number of fused-ring (bicyclic) bond motifs is 1. The summed E-state index contributed by atoms with van der Waals surface area (Å²) in [6, 6.07) is 1.82. The number of halogens is 1. The predicted octanol–water partition coefficient (Wildman–Crippen LogP) is 3.40. The van der Waals surface area contributed by atoms with Gasteiger partial charge in [0, 0.05) is 44.3 Å². The van der Waals surface area contributed by atoms with E-state index in [4.69, 9.17) is 26.8 Å². The first-order valence-electron chi connectivity index (χ1n) is 11.0. The van der Waals surface area contributed by atoms with Crippen molar-refractivity contribution in [3.8, 4) is 5.75 Å². The molecule has 3 N–H and O–H groups in total. The summed E-state index contributed by atoms with van der Waals surface area (Å²) in [7, 11) is 0. The number of piperidine rings is 1. The van der Waals surface area contributed by atoms with Crippen molar-refractivity contribution in [1.82, 2.24) is 10.2 Å². The minimum Gasteiger partial charge on any atom is -0.492 e. The Bertz CT molecular complexity index is 729. The minimum absolute atomic E-state index is 0.117. The van der Waals surface area contributed by atoms with Crippen molar-refractivity contribution in [2.45, 2.75) is 63.5 Å². The van der Waals surface area contributed by atoms with Crippen LogP contribution in [-0.2, 0) is 11.2 Å². The summed E-state index contributed by atoms with van der Waals surface area (Å²) in [5.41, 5.74) is 7.92. The number of rotatable bonds is 7. The number of hydrogen-bond acceptors (Lipinski definition) is 5. The topological polar surface area (TPSA) is 76.8 Å². The Morgan fingerprint density at radius 1 is 1.28 bits per heavy atom. The summed E-state index contributed by atoms with van der Waals surface area (Å²) >= 11 is 6.23. The Labute approximate surface area is 178 Å². The lowest BCUT2D eigenvalue weighted by molar-refractivity contribution is 0.0497. The zero-order chi connectivity index (χ0) is 20.2. The number of amides is 1. The standard InChI is InChI=1S/C22H32ClN3O3/c23-19-14-18(21-17(20(19)24)8-13-29-21)22(27)25-15-6-10-26(11-7-15)9-3-12-28-16-4-1-2-5-16/h14-16H,1-13,24H2,(H,25,27). The number of nitrogen functional groups attached to an aromatic ring is 1. The summed E-state index contributed by atoms with van der Waals surface area (Å²) < 4.78 is 11.6. The van der Waals surface area contributed by atoms with Gasteiger partial charge >= 0.3 is 0 Å². The van der Waals surface area contributed by atoms with Crippen LogP contribution in [0.15, 0.2) is 6.07 Å². The van der Waals surface area contributed by atoms with Crippen LogP contribution < -0.4 is 15.8 Å². The highest BCUT2D eigenvalue weighted by Gasteiger charge is 2.27. The average Bonchev–Trinajstić information content (AvgIpc) is 3.41. The van der Waals surface area contributed by atoms with Gasteiger partial charge in [-0.3, -0.25) is 4.79 Å². The highest BCUT2D eigenvalue weighted by atomic mass is 35.5. The molecule has 1 saturated heterocycles. The SMILES string of the molecule is Nc1c(Cl)cc(C(=O)NC2CCN(CCCOC3CCCC3)CC2)c2c1CCO2. The van der Waals surface area contributed by atoms with E-state index in [2.05, 4.69) is 10.2 Å². The second-order valence-electron chi connectivity index (χ2n) is 8.45. The van der Waals surface area contributed by atoms with Crippen LogP contribution in [0.25, 0.3) is 0 Å². The molecule has 1 aromatic rings. The number of benzene rings is 1. The summed E-state index contributed by atoms with van der Waals surface area (Å²) in [4.78, 5) is 15.3. The second-order valence-corrected chi connectivity index (χ2v) is 8.85. The third kappa shape index (κ3) is 4.98. The molecule has 0 unspecified atom stereocenters. The van der Waals surface area contributed by atoms with Crippen molar-refractivity contribution in [3.63, 3.8) is 0 Å². The lowest BCUT2D eigenvalue weighted by atomic mass is 10.0. The van der Waals surface area contributed by atoms with Crippen LogP contribution in [0, 0.1) is 0 Å². The lowest BCUT2D eigenvalue weighted by Crippen LogP contribution is -2.45. The van der Waals surface area contributed by atoms with Crippen molar-refractivity contribution in [2.24, 2.45) is 0 Å². The Kier molecular flexibility index (Phi) is 6.83. The maximum absolute atomic E-state index is 12.8. The van der Waals surface area contributed by atoms with Gasteiger partial charge in [-0.25, -0.2) is 0 Å². The molecule has 6 nitrogen and oxygen atoms in total. The Balaban J connectivity index is 1.21. The van der Waals surface area contributed by atoms with E-state index < -0.39 is 0 Å². The van der Waals surface area contributed by atoms with Gasteiger partial charge in [-0.05, 0) is 38.2 Å². The average molecular weight is 422 g/mol. The van der Waals surface area contributed by atoms with Crippen LogP contribution in [0.1, 0.15) is 60.9 Å². The van der Waals surface area contributed by atoms with Crippen molar-refractivity contribution in [1.29, 1.82) is 0 Å². The number of nitrogens with two attached hydrogens (primary N) is 1. The van der Waals surface area contributed by atoms with Crippen LogP contribution >= 0.6 is 11.6 Å². The molecule has 0 bridgehead atoms. The first-order valence-corrected chi connectivity index (χ1v) is 11.4. The van der Waals surface area contributed by atoms with Gasteiger partial charge in [0.15, 0.2) is 0 Å². The number of carbonyl (C=O) groups excluding carboxylic acids is 1. The van der Waals surface area contributed by atoms with Crippen LogP contribution in [0.5, 0.6) is 5.75 Å². The Hall–Kier alpha value is -1.50. The monoisotopic (exact) mass is 421 g/mol. The third-order valence-corrected chi connectivity index (χ3v) is 6.73. The molecule has 2 heterocycles. The molecule has 1 amide bonds. The minimum atomic E-state index is -0.117. The predicted molar refractivity (Wildman–Crippen MR) is 115 cm³/mol. The normalized spacial score (nSPS) is 20.6. The third-order valence-electron chi connectivity index (χ3n) is 6.41. The van der Waals surface area contributed by atoms with E-state index in [-0.39, 0.29) is 11.9 Å². The number of nitrogens with zero attached hydrogens (tertiary/aromatic N) is 1. The second kappa shape index (κ2) is 9.54. The number of nitrogens with one attached hydrogen (secondary N) is 1. The van der Waals surface area contributed by atoms with Crippen LogP contribution in [0.2, 0.25) is 5.02 Å². The Morgan fingerprint density at radius 3 is 2.79 bits per heavy atom. The van der Waals surface area contributed by atoms with E-state index >= 15 is 0 Å². The summed E-state index contributed by atoms with van der Waals surface area (Å²) in [5, 5.41) is 3.59. The molecule has 2 aliphatic heterocycles. The Morgan fingerprint density at radius 2 is 2.03 bits per heavy atom. The molecule has 160 valence electrons. The molecule has 3 aliphatic rings. The van der Waals surface area contributed by atoms with Crippen LogP contribution in [0.3, 0.4) is 0 Å². The molecule has 29 heavy (non-hydrogen) atoms. The van der Waals surface area contributed by atoms with Gasteiger partial charge in [-0.15, -0.1) is 0 Å². The summed E-state index contributed by atoms with van der Waals surface area (Å²) in [6.07, 6.45) is 9.32. The van der Waals surface area contributed by atoms with Crippen LogP contribution in [-0.4, -0.2) is 55.8 Å². The van der Waals surface area contributed by atoms with Crippen molar-refractivity contribution in [3.05, 3.63) is 22.2 Å². The zero-order valence-electron chi connectivity index (χ0n) is 17.1. The fourth-order valence-corrected chi connectivity index (χ4v) is 4.92. The molecule has 0 spiro atoms. The molecular weight excluding hydrogens is 390 g/mol. The van der Waals surface area contributed by atoms with Gasteiger partial charge in [0.2, 0.25) is 0 Å². The molecule has 0 atom stereocenters. The quantitative estimate of drug-likeness (QED) is 0.521. The van der Waals surface area contributed by atoms with Gasteiger partial charge in [0.1, 0.15) is 5.75 Å². The summed E-state index contributed by atoms with van der Waals surface area (Å²) in [6.45, 7) is 4.49. The largest absolute Gasteiger partial charge is 0.492 e. The first-order chi connectivity index (χ1) is 14.1.